The zero-order valence-corrected chi connectivity index (χ0v) is 23.0. The van der Waals surface area contributed by atoms with Gasteiger partial charge in [-0.25, -0.2) is 19.0 Å². The molecule has 1 aliphatic carbocycles. The summed E-state index contributed by atoms with van der Waals surface area (Å²) in [5, 5.41) is 24.2. The minimum atomic E-state index is -0.408. The Hall–Kier alpha value is -4.39. The van der Waals surface area contributed by atoms with Crippen LogP contribution in [0.4, 0.5) is 16.0 Å². The van der Waals surface area contributed by atoms with E-state index in [0.29, 0.717) is 35.2 Å². The van der Waals surface area contributed by atoms with Crippen molar-refractivity contribution in [3.63, 3.8) is 0 Å². The predicted octanol–water partition coefficient (Wildman–Crippen LogP) is 6.18. The number of rotatable bonds is 9. The van der Waals surface area contributed by atoms with E-state index in [0.717, 1.165) is 60.8 Å². The van der Waals surface area contributed by atoms with Crippen LogP contribution in [-0.4, -0.2) is 35.7 Å². The molecule has 4 aromatic heterocycles. The van der Waals surface area contributed by atoms with Crippen molar-refractivity contribution in [2.24, 2.45) is 5.92 Å². The average molecular weight is 541 g/mol. The summed E-state index contributed by atoms with van der Waals surface area (Å²) < 4.78 is 14.6. The van der Waals surface area contributed by atoms with Gasteiger partial charge in [0.1, 0.15) is 17.7 Å². The molecule has 1 fully saturated rings. The van der Waals surface area contributed by atoms with Crippen LogP contribution in [0.1, 0.15) is 85.4 Å². The highest BCUT2D eigenvalue weighted by molar-refractivity contribution is 5.81. The van der Waals surface area contributed by atoms with Gasteiger partial charge in [-0.3, -0.25) is 9.89 Å². The standard InChI is InChI=1S/C30H33FN8O/c1-18(23-9-11-29(33-15-23)39-17-24(31)16-34-39)4-10-26(40)21-5-7-22(8-6-21)30-25(14-32)19(2)12-27(36-30)35-28-13-20(3)37-38-28/h9,11-13,15-18,21-22H,4-8,10H2,1-3H3,(H2,35,36,37,38)/t18-,21?,22?/m1/s1. The maximum absolute atomic E-state index is 13.2. The summed E-state index contributed by atoms with van der Waals surface area (Å²) in [4.78, 5) is 22.3. The molecule has 1 saturated carbocycles. The van der Waals surface area contributed by atoms with Crippen LogP contribution in [0.25, 0.3) is 5.82 Å². The number of Topliss-reactive ketones (excluding diaryl/α,β-unsaturated/α-hetero) is 1. The molecule has 0 spiro atoms. The van der Waals surface area contributed by atoms with E-state index in [1.54, 1.807) is 6.20 Å². The summed E-state index contributed by atoms with van der Waals surface area (Å²) in [6.45, 7) is 5.96. The van der Waals surface area contributed by atoms with Gasteiger partial charge in [0, 0.05) is 36.2 Å². The summed E-state index contributed by atoms with van der Waals surface area (Å²) in [7, 11) is 0. The van der Waals surface area contributed by atoms with Crippen molar-refractivity contribution in [3.05, 3.63) is 76.8 Å². The van der Waals surface area contributed by atoms with E-state index in [-0.39, 0.29) is 17.8 Å². The molecular weight excluding hydrogens is 507 g/mol. The summed E-state index contributed by atoms with van der Waals surface area (Å²) >= 11 is 0. The van der Waals surface area contributed by atoms with Gasteiger partial charge in [0.25, 0.3) is 0 Å². The number of anilines is 2. The van der Waals surface area contributed by atoms with Crippen molar-refractivity contribution in [1.82, 2.24) is 29.9 Å². The first-order valence-corrected chi connectivity index (χ1v) is 13.7. The van der Waals surface area contributed by atoms with Crippen molar-refractivity contribution < 1.29 is 9.18 Å². The Balaban J connectivity index is 1.16. The molecule has 0 bridgehead atoms. The molecule has 4 aromatic rings. The number of aryl methyl sites for hydroxylation is 2. The van der Waals surface area contributed by atoms with Crippen molar-refractivity contribution in [2.75, 3.05) is 5.32 Å². The number of aromatic nitrogens is 6. The molecule has 9 nitrogen and oxygen atoms in total. The van der Waals surface area contributed by atoms with Crippen LogP contribution >= 0.6 is 0 Å². The van der Waals surface area contributed by atoms with Crippen molar-refractivity contribution in [3.8, 4) is 11.9 Å². The minimum Gasteiger partial charge on any atom is -0.323 e. The van der Waals surface area contributed by atoms with E-state index in [9.17, 15) is 14.4 Å². The second kappa shape index (κ2) is 11.8. The lowest BCUT2D eigenvalue weighted by molar-refractivity contribution is -0.124. The number of hydrogen-bond donors (Lipinski definition) is 2. The van der Waals surface area contributed by atoms with Gasteiger partial charge in [0.05, 0.1) is 23.7 Å². The summed E-state index contributed by atoms with van der Waals surface area (Å²) in [5.41, 5.74) is 4.31. The molecule has 1 aliphatic rings. The highest BCUT2D eigenvalue weighted by Crippen LogP contribution is 2.39. The molecule has 0 amide bonds. The fraction of sp³-hybridized carbons (Fsp3) is 0.400. The molecule has 0 aromatic carbocycles. The number of nitrogens with zero attached hydrogens (tertiary/aromatic N) is 6. The predicted molar refractivity (Wildman–Crippen MR) is 149 cm³/mol. The van der Waals surface area contributed by atoms with E-state index >= 15 is 0 Å². The van der Waals surface area contributed by atoms with Crippen LogP contribution in [-0.2, 0) is 4.79 Å². The number of pyridine rings is 2. The van der Waals surface area contributed by atoms with Crippen LogP contribution in [0.3, 0.4) is 0 Å². The Morgan fingerprint density at radius 2 is 2.00 bits per heavy atom. The van der Waals surface area contributed by atoms with Gasteiger partial charge in [-0.1, -0.05) is 13.0 Å². The lowest BCUT2D eigenvalue weighted by atomic mass is 9.76. The number of aromatic amines is 1. The molecule has 5 rings (SSSR count). The average Bonchev–Trinajstić information content (AvgIpc) is 3.58. The van der Waals surface area contributed by atoms with Crippen molar-refractivity contribution >= 4 is 17.4 Å². The van der Waals surface area contributed by atoms with Crippen molar-refractivity contribution in [2.45, 2.75) is 71.1 Å². The van der Waals surface area contributed by atoms with E-state index in [1.165, 1.54) is 10.9 Å². The van der Waals surface area contributed by atoms with Gasteiger partial charge < -0.3 is 5.32 Å². The molecule has 40 heavy (non-hydrogen) atoms. The normalized spacial score (nSPS) is 17.8. The van der Waals surface area contributed by atoms with Crippen LogP contribution in [0.5, 0.6) is 0 Å². The molecule has 1 atom stereocenters. The van der Waals surface area contributed by atoms with E-state index in [2.05, 4.69) is 38.6 Å². The third-order valence-electron chi connectivity index (χ3n) is 7.84. The fourth-order valence-electron chi connectivity index (χ4n) is 5.48. The van der Waals surface area contributed by atoms with E-state index < -0.39 is 5.82 Å². The summed E-state index contributed by atoms with van der Waals surface area (Å²) in [5.74, 6) is 2.16. The Kier molecular flexibility index (Phi) is 8.01. The SMILES string of the molecule is Cc1cc(Nc2cc(C)c(C#N)c(C3CCC(C(=O)CC[C@@H](C)c4ccc(-n5cc(F)cn5)nc4)CC3)n2)n[nH]1. The molecule has 0 saturated heterocycles. The third kappa shape index (κ3) is 6.09. The Labute approximate surface area is 232 Å². The molecule has 0 radical (unpaired) electrons. The monoisotopic (exact) mass is 540 g/mol. The first kappa shape index (κ1) is 27.2. The Morgan fingerprint density at radius 3 is 2.62 bits per heavy atom. The van der Waals surface area contributed by atoms with Crippen LogP contribution in [0.15, 0.2) is 42.9 Å². The Morgan fingerprint density at radius 1 is 1.20 bits per heavy atom. The molecular formula is C30H33FN8O. The van der Waals surface area contributed by atoms with Gasteiger partial charge in [-0.2, -0.15) is 15.5 Å². The smallest absolute Gasteiger partial charge is 0.161 e. The zero-order valence-electron chi connectivity index (χ0n) is 23.0. The van der Waals surface area contributed by atoms with E-state index in [4.69, 9.17) is 4.98 Å². The lowest BCUT2D eigenvalue weighted by Gasteiger charge is -2.28. The maximum Gasteiger partial charge on any atom is 0.161 e. The largest absolute Gasteiger partial charge is 0.323 e. The number of carbonyl (C=O) groups excluding carboxylic acids is 1. The molecule has 0 unspecified atom stereocenters. The molecule has 2 N–H and O–H groups in total. The van der Waals surface area contributed by atoms with Crippen molar-refractivity contribution in [1.29, 1.82) is 5.26 Å². The van der Waals surface area contributed by atoms with E-state index in [1.807, 2.05) is 38.1 Å². The number of hydrogen-bond acceptors (Lipinski definition) is 7. The summed E-state index contributed by atoms with van der Waals surface area (Å²) in [6, 6.07) is 9.90. The second-order valence-electron chi connectivity index (χ2n) is 10.8. The number of ketones is 1. The number of H-pyrrole nitrogens is 1. The fourth-order valence-corrected chi connectivity index (χ4v) is 5.48. The first-order chi connectivity index (χ1) is 19.3. The second-order valence-corrected chi connectivity index (χ2v) is 10.8. The third-order valence-corrected chi connectivity index (χ3v) is 7.84. The first-order valence-electron chi connectivity index (χ1n) is 13.7. The topological polar surface area (TPSA) is 125 Å². The lowest BCUT2D eigenvalue weighted by Crippen LogP contribution is -2.22. The highest BCUT2D eigenvalue weighted by atomic mass is 19.1. The number of halogens is 1. The number of nitrogens with one attached hydrogen (secondary N) is 2. The molecule has 0 aliphatic heterocycles. The van der Waals surface area contributed by atoms with Gasteiger partial charge >= 0.3 is 0 Å². The van der Waals surface area contributed by atoms with Crippen LogP contribution < -0.4 is 5.32 Å². The van der Waals surface area contributed by atoms with Gasteiger partial charge in [-0.15, -0.1) is 0 Å². The summed E-state index contributed by atoms with van der Waals surface area (Å²) in [6.07, 6.45) is 8.73. The van der Waals surface area contributed by atoms with Crippen LogP contribution in [0.2, 0.25) is 0 Å². The van der Waals surface area contributed by atoms with Gasteiger partial charge in [0.2, 0.25) is 0 Å². The quantitative estimate of drug-likeness (QED) is 0.259. The Bertz CT molecular complexity index is 1530. The molecule has 206 valence electrons. The number of carbonyl (C=O) groups is 1. The highest BCUT2D eigenvalue weighted by Gasteiger charge is 2.30. The maximum atomic E-state index is 13.2. The van der Waals surface area contributed by atoms with Gasteiger partial charge in [-0.05, 0) is 75.1 Å². The molecule has 4 heterocycles. The minimum absolute atomic E-state index is 0.0404. The van der Waals surface area contributed by atoms with Crippen LogP contribution in [0, 0.1) is 36.9 Å². The molecule has 10 heteroatoms. The number of nitriles is 1. The zero-order chi connectivity index (χ0) is 28.2. The van der Waals surface area contributed by atoms with Gasteiger partial charge in [0.15, 0.2) is 17.5 Å².